The molecule has 0 bridgehead atoms. The molecule has 0 fully saturated rings. The molecule has 1 aromatic carbocycles. The highest BCUT2D eigenvalue weighted by molar-refractivity contribution is 7.20. The molecule has 2 aromatic rings. The van der Waals surface area contributed by atoms with Crippen LogP contribution in [0.1, 0.15) is 9.67 Å². The lowest BCUT2D eigenvalue weighted by molar-refractivity contribution is 0.0967. The maximum atomic E-state index is 11.6. The van der Waals surface area contributed by atoms with Crippen molar-refractivity contribution >= 4 is 33.0 Å². The Morgan fingerprint density at radius 2 is 1.86 bits per heavy atom. The molecule has 1 aromatic heterocycles. The van der Waals surface area contributed by atoms with E-state index in [4.69, 9.17) is 15.8 Å². The highest BCUT2D eigenvalue weighted by Crippen LogP contribution is 2.28. The first-order valence-electron chi connectivity index (χ1n) is 6.10. The van der Waals surface area contributed by atoms with E-state index >= 15 is 0 Å². The van der Waals surface area contributed by atoms with Crippen molar-refractivity contribution in [1.29, 1.82) is 15.8 Å². The number of benzene rings is 1. The van der Waals surface area contributed by atoms with Crippen molar-refractivity contribution in [3.05, 3.63) is 40.4 Å². The first-order valence-corrected chi connectivity index (χ1v) is 6.92. The van der Waals surface area contributed by atoms with Gasteiger partial charge in [-0.1, -0.05) is 0 Å². The van der Waals surface area contributed by atoms with Crippen LogP contribution in [0.15, 0.2) is 35.5 Å². The van der Waals surface area contributed by atoms with Crippen LogP contribution in [-0.4, -0.2) is 13.0 Å². The van der Waals surface area contributed by atoms with Crippen molar-refractivity contribution in [3.8, 4) is 18.2 Å². The summed E-state index contributed by atoms with van der Waals surface area (Å²) < 4.78 is 0.924. The van der Waals surface area contributed by atoms with Crippen LogP contribution >= 0.6 is 11.3 Å². The van der Waals surface area contributed by atoms with E-state index in [1.807, 2.05) is 6.07 Å². The molecule has 0 aliphatic rings. The van der Waals surface area contributed by atoms with Gasteiger partial charge in [0.1, 0.15) is 23.9 Å². The largest absolute Gasteiger partial charge is 0.354 e. The Bertz CT molecular complexity index is 889. The molecular formula is C15H9N5OS. The van der Waals surface area contributed by atoms with E-state index in [-0.39, 0.29) is 17.2 Å². The lowest BCUT2D eigenvalue weighted by atomic mass is 10.2. The molecule has 0 saturated heterocycles. The van der Waals surface area contributed by atoms with E-state index < -0.39 is 0 Å². The van der Waals surface area contributed by atoms with Crippen molar-refractivity contribution < 1.29 is 4.79 Å². The van der Waals surface area contributed by atoms with Gasteiger partial charge in [0, 0.05) is 17.4 Å². The summed E-state index contributed by atoms with van der Waals surface area (Å²) in [5.41, 5.74) is 0.179. The number of thiophene rings is 1. The quantitative estimate of drug-likeness (QED) is 0.846. The van der Waals surface area contributed by atoms with E-state index in [1.54, 1.807) is 43.5 Å². The summed E-state index contributed by atoms with van der Waals surface area (Å²) in [6.45, 7) is 0. The number of hydrogen-bond donors (Lipinski definition) is 2. The number of carbonyl (C=O) groups is 1. The standard InChI is InChI=1S/C15H9N5OS/c1-19-15(21)14-5-9-4-11(2-3-13(9)22-14)20-12(8-18)10(6-16)7-17/h2-5,20H,1H3,(H,19,21). The van der Waals surface area contributed by atoms with E-state index in [1.165, 1.54) is 11.3 Å². The normalized spacial score (nSPS) is 9.18. The second kappa shape index (κ2) is 6.41. The minimum Gasteiger partial charge on any atom is -0.354 e. The average Bonchev–Trinajstić information content (AvgIpc) is 2.97. The first-order chi connectivity index (χ1) is 10.6. The Morgan fingerprint density at radius 1 is 1.14 bits per heavy atom. The zero-order valence-corrected chi connectivity index (χ0v) is 12.3. The molecule has 7 heteroatoms. The number of hydrogen-bond acceptors (Lipinski definition) is 6. The van der Waals surface area contributed by atoms with Crippen molar-refractivity contribution in [2.24, 2.45) is 0 Å². The van der Waals surface area contributed by atoms with Gasteiger partial charge in [-0.15, -0.1) is 11.3 Å². The molecule has 106 valence electrons. The predicted octanol–water partition coefficient (Wildman–Crippen LogP) is 2.50. The number of rotatable bonds is 3. The Kier molecular flexibility index (Phi) is 4.38. The molecule has 2 rings (SSSR count). The molecule has 0 spiro atoms. The van der Waals surface area contributed by atoms with Crippen LogP contribution in [0.25, 0.3) is 10.1 Å². The Labute approximate surface area is 130 Å². The number of nitrogens with one attached hydrogen (secondary N) is 2. The molecule has 0 unspecified atom stereocenters. The Morgan fingerprint density at radius 3 is 2.45 bits per heavy atom. The van der Waals surface area contributed by atoms with Gasteiger partial charge in [-0.25, -0.2) is 0 Å². The molecule has 1 heterocycles. The summed E-state index contributed by atoms with van der Waals surface area (Å²) in [5.74, 6) is -0.162. The van der Waals surface area contributed by atoms with Crippen molar-refractivity contribution in [3.63, 3.8) is 0 Å². The summed E-state index contributed by atoms with van der Waals surface area (Å²) in [6.07, 6.45) is 0. The topological polar surface area (TPSA) is 112 Å². The van der Waals surface area contributed by atoms with Crippen LogP contribution in [0, 0.1) is 34.0 Å². The number of anilines is 1. The molecule has 2 N–H and O–H groups in total. The van der Waals surface area contributed by atoms with Gasteiger partial charge >= 0.3 is 0 Å². The van der Waals surface area contributed by atoms with Gasteiger partial charge in [0.2, 0.25) is 0 Å². The molecule has 0 saturated carbocycles. The lowest BCUT2D eigenvalue weighted by Crippen LogP contribution is -2.15. The van der Waals surface area contributed by atoms with Crippen LogP contribution in [0.2, 0.25) is 0 Å². The van der Waals surface area contributed by atoms with Gasteiger partial charge in [-0.3, -0.25) is 4.79 Å². The van der Waals surface area contributed by atoms with Crippen LogP contribution < -0.4 is 10.6 Å². The third kappa shape index (κ3) is 2.88. The molecule has 0 aliphatic carbocycles. The van der Waals surface area contributed by atoms with Crippen molar-refractivity contribution in [2.45, 2.75) is 0 Å². The fourth-order valence-electron chi connectivity index (χ4n) is 1.78. The molecule has 6 nitrogen and oxygen atoms in total. The van der Waals surface area contributed by atoms with Crippen LogP contribution in [0.5, 0.6) is 0 Å². The maximum absolute atomic E-state index is 11.6. The molecule has 0 atom stereocenters. The van der Waals surface area contributed by atoms with Crippen LogP contribution in [-0.2, 0) is 0 Å². The molecule has 0 radical (unpaired) electrons. The molecule has 22 heavy (non-hydrogen) atoms. The smallest absolute Gasteiger partial charge is 0.261 e. The third-order valence-corrected chi connectivity index (χ3v) is 3.94. The monoisotopic (exact) mass is 307 g/mol. The van der Waals surface area contributed by atoms with Gasteiger partial charge in [0.05, 0.1) is 4.88 Å². The van der Waals surface area contributed by atoms with Crippen molar-refractivity contribution in [1.82, 2.24) is 5.32 Å². The van der Waals surface area contributed by atoms with Gasteiger partial charge in [0.15, 0.2) is 5.57 Å². The lowest BCUT2D eigenvalue weighted by Gasteiger charge is -2.04. The Balaban J connectivity index is 2.41. The maximum Gasteiger partial charge on any atom is 0.261 e. The third-order valence-electron chi connectivity index (χ3n) is 2.82. The Hall–Kier alpha value is -3.34. The van der Waals surface area contributed by atoms with Crippen molar-refractivity contribution in [2.75, 3.05) is 12.4 Å². The summed E-state index contributed by atoms with van der Waals surface area (Å²) >= 11 is 1.36. The summed E-state index contributed by atoms with van der Waals surface area (Å²) in [5, 5.41) is 32.8. The van der Waals surface area contributed by atoms with E-state index in [0.717, 1.165) is 10.1 Å². The highest BCUT2D eigenvalue weighted by Gasteiger charge is 2.10. The average molecular weight is 307 g/mol. The zero-order chi connectivity index (χ0) is 16.1. The highest BCUT2D eigenvalue weighted by atomic mass is 32.1. The number of nitrogens with zero attached hydrogens (tertiary/aromatic N) is 3. The van der Waals surface area contributed by atoms with Gasteiger partial charge in [0.25, 0.3) is 5.91 Å². The molecular weight excluding hydrogens is 298 g/mol. The van der Waals surface area contributed by atoms with Gasteiger partial charge < -0.3 is 10.6 Å². The van der Waals surface area contributed by atoms with Gasteiger partial charge in [-0.05, 0) is 29.7 Å². The number of allylic oxidation sites excluding steroid dienone is 2. The second-order valence-corrected chi connectivity index (χ2v) is 5.24. The molecule has 1 amide bonds. The predicted molar refractivity (Wildman–Crippen MR) is 82.7 cm³/mol. The SMILES string of the molecule is CNC(=O)c1cc2cc(NC(C#N)=C(C#N)C#N)ccc2s1. The number of fused-ring (bicyclic) bond motifs is 1. The minimum absolute atomic E-state index is 0.105. The van der Waals surface area contributed by atoms with E-state index in [9.17, 15) is 4.79 Å². The first kappa shape index (κ1) is 15.1. The van der Waals surface area contributed by atoms with Crippen LogP contribution in [0.4, 0.5) is 5.69 Å². The number of amides is 1. The van der Waals surface area contributed by atoms with Crippen LogP contribution in [0.3, 0.4) is 0 Å². The van der Waals surface area contributed by atoms with Gasteiger partial charge in [-0.2, -0.15) is 15.8 Å². The fourth-order valence-corrected chi connectivity index (χ4v) is 2.77. The fraction of sp³-hybridized carbons (Fsp3) is 0.0667. The molecule has 0 aliphatic heterocycles. The second-order valence-electron chi connectivity index (χ2n) is 4.15. The van der Waals surface area contributed by atoms with E-state index in [2.05, 4.69) is 10.6 Å². The summed E-state index contributed by atoms with van der Waals surface area (Å²) in [6, 6.07) is 12.2. The summed E-state index contributed by atoms with van der Waals surface area (Å²) in [4.78, 5) is 12.2. The minimum atomic E-state index is -0.279. The summed E-state index contributed by atoms with van der Waals surface area (Å²) in [7, 11) is 1.56. The zero-order valence-electron chi connectivity index (χ0n) is 11.5. The van der Waals surface area contributed by atoms with E-state index in [0.29, 0.717) is 10.6 Å². The number of carbonyl (C=O) groups excluding carboxylic acids is 1. The number of nitriles is 3.